The highest BCUT2D eigenvalue weighted by Gasteiger charge is 2.23. The zero-order valence-electron chi connectivity index (χ0n) is 16.0. The Labute approximate surface area is 155 Å². The minimum absolute atomic E-state index is 0.616. The minimum Gasteiger partial charge on any atom is -0.389 e. The van der Waals surface area contributed by atoms with Gasteiger partial charge in [0.1, 0.15) is 0 Å². The van der Waals surface area contributed by atoms with Gasteiger partial charge in [-0.3, -0.25) is 0 Å². The molecule has 3 nitrogen and oxygen atoms in total. The summed E-state index contributed by atoms with van der Waals surface area (Å²) in [7, 11) is 0. The van der Waals surface area contributed by atoms with Gasteiger partial charge in [0.15, 0.2) is 0 Å². The summed E-state index contributed by atoms with van der Waals surface area (Å²) in [6, 6.07) is 0. The van der Waals surface area contributed by atoms with Gasteiger partial charge in [-0.05, 0) is 77.3 Å². The van der Waals surface area contributed by atoms with E-state index in [2.05, 4.69) is 31.6 Å². The fourth-order valence-electron chi connectivity index (χ4n) is 3.18. The monoisotopic (exact) mass is 349 g/mol. The van der Waals surface area contributed by atoms with Gasteiger partial charge in [-0.15, -0.1) is 26.3 Å². The number of aliphatic hydroxyl groups is 2. The predicted octanol–water partition coefficient (Wildman–Crippen LogP) is 4.68. The highest BCUT2D eigenvalue weighted by molar-refractivity contribution is 4.92. The van der Waals surface area contributed by atoms with Crippen LogP contribution < -0.4 is 5.32 Å². The zero-order valence-corrected chi connectivity index (χ0v) is 16.0. The molecular weight excluding hydrogens is 310 g/mol. The van der Waals surface area contributed by atoms with E-state index in [-0.39, 0.29) is 0 Å². The Bertz CT molecular complexity index is 333. The van der Waals surface area contributed by atoms with E-state index in [1.807, 2.05) is 0 Å². The maximum absolute atomic E-state index is 10.4. The van der Waals surface area contributed by atoms with Crippen molar-refractivity contribution in [3.63, 3.8) is 0 Å². The highest BCUT2D eigenvalue weighted by Crippen LogP contribution is 2.24. The van der Waals surface area contributed by atoms with Crippen LogP contribution in [0, 0.1) is 0 Å². The molecule has 0 aromatic carbocycles. The molecule has 3 N–H and O–H groups in total. The Morgan fingerprint density at radius 1 is 0.600 bits per heavy atom. The first-order valence-corrected chi connectivity index (χ1v) is 9.54. The van der Waals surface area contributed by atoms with Crippen LogP contribution in [0.3, 0.4) is 0 Å². The smallest absolute Gasteiger partial charge is 0.0716 e. The van der Waals surface area contributed by atoms with E-state index in [0.29, 0.717) is 25.7 Å². The summed E-state index contributed by atoms with van der Waals surface area (Å²) in [4.78, 5) is 0. The number of nitrogens with one attached hydrogen (secondary N) is 1. The first-order valence-electron chi connectivity index (χ1n) is 9.54. The molecule has 3 heteroatoms. The quantitative estimate of drug-likeness (QED) is 0.249. The lowest BCUT2D eigenvalue weighted by Gasteiger charge is -2.26. The van der Waals surface area contributed by atoms with Gasteiger partial charge in [0.2, 0.25) is 0 Å². The third-order valence-corrected chi connectivity index (χ3v) is 4.59. The Kier molecular flexibility index (Phi) is 13.4. The third-order valence-electron chi connectivity index (χ3n) is 4.59. The van der Waals surface area contributed by atoms with Crippen molar-refractivity contribution in [3.05, 3.63) is 50.6 Å². The van der Waals surface area contributed by atoms with Crippen LogP contribution in [0.15, 0.2) is 50.6 Å². The van der Waals surface area contributed by atoms with Crippen LogP contribution in [0.2, 0.25) is 0 Å². The molecule has 0 fully saturated rings. The largest absolute Gasteiger partial charge is 0.389 e. The molecule has 0 aromatic heterocycles. The Morgan fingerprint density at radius 3 is 1.20 bits per heavy atom. The molecule has 0 radical (unpaired) electrons. The lowest BCUT2D eigenvalue weighted by Crippen LogP contribution is -2.28. The SMILES string of the molecule is C=CCC(O)(CC=C)CCCCNCCCCC(O)(CC=C)CC=C. The molecule has 0 unspecified atom stereocenters. The van der Waals surface area contributed by atoms with Crippen molar-refractivity contribution in [3.8, 4) is 0 Å². The van der Waals surface area contributed by atoms with Crippen molar-refractivity contribution in [1.29, 1.82) is 0 Å². The maximum atomic E-state index is 10.4. The van der Waals surface area contributed by atoms with Crippen LogP contribution in [-0.4, -0.2) is 34.5 Å². The van der Waals surface area contributed by atoms with Gasteiger partial charge in [-0.25, -0.2) is 0 Å². The summed E-state index contributed by atoms with van der Waals surface area (Å²) < 4.78 is 0. The highest BCUT2D eigenvalue weighted by atomic mass is 16.3. The average Bonchev–Trinajstić information content (AvgIpc) is 2.54. The maximum Gasteiger partial charge on any atom is 0.0716 e. The summed E-state index contributed by atoms with van der Waals surface area (Å²) in [5.74, 6) is 0. The molecule has 0 aliphatic heterocycles. The molecular formula is C22H39NO2. The van der Waals surface area contributed by atoms with Gasteiger partial charge in [0.25, 0.3) is 0 Å². The molecule has 0 spiro atoms. The molecule has 0 amide bonds. The van der Waals surface area contributed by atoms with Crippen molar-refractivity contribution >= 4 is 0 Å². The fourth-order valence-corrected chi connectivity index (χ4v) is 3.18. The predicted molar refractivity (Wildman–Crippen MR) is 110 cm³/mol. The van der Waals surface area contributed by atoms with Gasteiger partial charge in [-0.1, -0.05) is 24.3 Å². The molecule has 0 saturated carbocycles. The summed E-state index contributed by atoms with van der Waals surface area (Å²) in [5, 5.41) is 24.3. The van der Waals surface area contributed by atoms with Crippen LogP contribution in [0.5, 0.6) is 0 Å². The van der Waals surface area contributed by atoms with E-state index in [9.17, 15) is 10.2 Å². The van der Waals surface area contributed by atoms with E-state index in [1.165, 1.54) is 0 Å². The van der Waals surface area contributed by atoms with E-state index in [0.717, 1.165) is 51.6 Å². The second-order valence-corrected chi connectivity index (χ2v) is 7.08. The van der Waals surface area contributed by atoms with Crippen molar-refractivity contribution in [2.75, 3.05) is 13.1 Å². The molecule has 0 bridgehead atoms. The van der Waals surface area contributed by atoms with Crippen molar-refractivity contribution in [2.45, 2.75) is 75.4 Å². The molecule has 25 heavy (non-hydrogen) atoms. The van der Waals surface area contributed by atoms with Crippen LogP contribution in [-0.2, 0) is 0 Å². The van der Waals surface area contributed by atoms with E-state index in [4.69, 9.17) is 0 Å². The summed E-state index contributed by atoms with van der Waals surface area (Å²) >= 11 is 0. The number of hydrogen-bond acceptors (Lipinski definition) is 3. The standard InChI is InChI=1S/C22H39NO2/c1-5-13-21(24,14-6-2)17-9-11-19-23-20-12-10-18-22(25,15-7-3)16-8-4/h5-8,23-25H,1-4,9-20H2. The van der Waals surface area contributed by atoms with Gasteiger partial charge in [0.05, 0.1) is 11.2 Å². The number of unbranched alkanes of at least 4 members (excludes halogenated alkanes) is 2. The Morgan fingerprint density at radius 2 is 0.920 bits per heavy atom. The summed E-state index contributed by atoms with van der Waals surface area (Å²) in [6.07, 6.45) is 15.2. The molecule has 0 heterocycles. The third kappa shape index (κ3) is 11.9. The van der Waals surface area contributed by atoms with Gasteiger partial charge in [-0.2, -0.15) is 0 Å². The molecule has 0 atom stereocenters. The first kappa shape index (κ1) is 23.8. The van der Waals surface area contributed by atoms with E-state index in [1.54, 1.807) is 24.3 Å². The molecule has 144 valence electrons. The molecule has 0 aliphatic carbocycles. The normalized spacial score (nSPS) is 11.9. The lowest BCUT2D eigenvalue weighted by molar-refractivity contribution is 0.0349. The van der Waals surface area contributed by atoms with Crippen LogP contribution in [0.25, 0.3) is 0 Å². The number of rotatable bonds is 18. The van der Waals surface area contributed by atoms with E-state index < -0.39 is 11.2 Å². The lowest BCUT2D eigenvalue weighted by atomic mass is 9.89. The fraction of sp³-hybridized carbons (Fsp3) is 0.636. The minimum atomic E-state index is -0.676. The average molecular weight is 350 g/mol. The van der Waals surface area contributed by atoms with Crippen LogP contribution in [0.1, 0.15) is 64.2 Å². The zero-order chi connectivity index (χ0) is 19.0. The molecule has 0 saturated heterocycles. The van der Waals surface area contributed by atoms with E-state index >= 15 is 0 Å². The Balaban J connectivity index is 3.76. The van der Waals surface area contributed by atoms with Gasteiger partial charge >= 0.3 is 0 Å². The Hall–Kier alpha value is -1.16. The summed E-state index contributed by atoms with van der Waals surface area (Å²) in [6.45, 7) is 16.8. The molecule has 0 rings (SSSR count). The van der Waals surface area contributed by atoms with Crippen LogP contribution in [0.4, 0.5) is 0 Å². The van der Waals surface area contributed by atoms with Gasteiger partial charge < -0.3 is 15.5 Å². The second kappa shape index (κ2) is 14.1. The second-order valence-electron chi connectivity index (χ2n) is 7.08. The van der Waals surface area contributed by atoms with Crippen LogP contribution >= 0.6 is 0 Å². The van der Waals surface area contributed by atoms with Crippen molar-refractivity contribution < 1.29 is 10.2 Å². The first-order chi connectivity index (χ1) is 11.9. The molecule has 0 aromatic rings. The topological polar surface area (TPSA) is 52.5 Å². The van der Waals surface area contributed by atoms with Crippen molar-refractivity contribution in [1.82, 2.24) is 5.32 Å². The number of hydrogen-bond donors (Lipinski definition) is 3. The van der Waals surface area contributed by atoms with Crippen molar-refractivity contribution in [2.24, 2.45) is 0 Å². The summed E-state index contributed by atoms with van der Waals surface area (Å²) in [5.41, 5.74) is -1.35. The van der Waals surface area contributed by atoms with Gasteiger partial charge in [0, 0.05) is 0 Å². The molecule has 0 aliphatic rings.